The molecule has 1 heterocycles. The van der Waals surface area contributed by atoms with Crippen molar-refractivity contribution >= 4 is 35.0 Å². The average Bonchev–Trinajstić information content (AvgIpc) is 3.01. The highest BCUT2D eigenvalue weighted by molar-refractivity contribution is 7.99. The zero-order valence-electron chi connectivity index (χ0n) is 15.9. The number of ether oxygens (including phenoxy) is 1. The summed E-state index contributed by atoms with van der Waals surface area (Å²) in [5, 5.41) is 12.3. The van der Waals surface area contributed by atoms with Gasteiger partial charge in [-0.2, -0.15) is 0 Å². The van der Waals surface area contributed by atoms with Gasteiger partial charge in [0.1, 0.15) is 12.4 Å². The topological polar surface area (TPSA) is 69.0 Å². The van der Waals surface area contributed by atoms with Crippen molar-refractivity contribution in [1.29, 1.82) is 0 Å². The number of carbonyl (C=O) groups excluding carboxylic acids is 1. The van der Waals surface area contributed by atoms with Crippen LogP contribution in [0.5, 0.6) is 5.75 Å². The highest BCUT2D eigenvalue weighted by Crippen LogP contribution is 2.24. The Morgan fingerprint density at radius 3 is 2.57 bits per heavy atom. The zero-order chi connectivity index (χ0) is 20.1. The molecule has 0 aliphatic carbocycles. The number of nitrogens with zero attached hydrogens (tertiary/aromatic N) is 3. The van der Waals surface area contributed by atoms with Gasteiger partial charge in [-0.25, -0.2) is 0 Å². The van der Waals surface area contributed by atoms with Gasteiger partial charge in [0.2, 0.25) is 5.91 Å². The molecule has 28 heavy (non-hydrogen) atoms. The van der Waals surface area contributed by atoms with Gasteiger partial charge in [0, 0.05) is 7.05 Å². The second kappa shape index (κ2) is 9.12. The monoisotopic (exact) mass is 416 g/mol. The van der Waals surface area contributed by atoms with Crippen molar-refractivity contribution in [3.8, 4) is 5.75 Å². The molecule has 1 aromatic heterocycles. The number of nitrogens with one attached hydrogen (secondary N) is 1. The molecule has 3 aromatic rings. The van der Waals surface area contributed by atoms with Gasteiger partial charge in [-0.1, -0.05) is 53.7 Å². The summed E-state index contributed by atoms with van der Waals surface area (Å²) < 4.78 is 7.77. The second-order valence-corrected chi connectivity index (χ2v) is 7.63. The Bertz CT molecular complexity index is 970. The standard InChI is InChI=1S/C20H21ClN4O2S/c1-13-7-6-8-14(2)19(13)27-11-17-23-24-20(25(17)3)28-12-18(26)22-16-10-5-4-9-15(16)21/h4-10H,11-12H2,1-3H3,(H,22,26). The number of para-hydroxylation sites is 2. The first kappa shape index (κ1) is 20.2. The molecule has 0 aliphatic rings. The fraction of sp³-hybridized carbons (Fsp3) is 0.250. The van der Waals surface area contributed by atoms with Crippen molar-refractivity contribution in [2.24, 2.45) is 7.05 Å². The maximum absolute atomic E-state index is 12.2. The molecule has 6 nitrogen and oxygen atoms in total. The molecule has 2 aromatic carbocycles. The van der Waals surface area contributed by atoms with Crippen LogP contribution in [-0.2, 0) is 18.4 Å². The average molecular weight is 417 g/mol. The summed E-state index contributed by atoms with van der Waals surface area (Å²) in [5.41, 5.74) is 2.75. The van der Waals surface area contributed by atoms with Gasteiger partial charge in [0.05, 0.1) is 16.5 Å². The van der Waals surface area contributed by atoms with E-state index in [4.69, 9.17) is 16.3 Å². The summed E-state index contributed by atoms with van der Waals surface area (Å²) in [6.07, 6.45) is 0. The molecule has 1 amide bonds. The SMILES string of the molecule is Cc1cccc(C)c1OCc1nnc(SCC(=O)Nc2ccccc2Cl)n1C. The maximum atomic E-state index is 12.2. The molecule has 0 radical (unpaired) electrons. The summed E-state index contributed by atoms with van der Waals surface area (Å²) >= 11 is 7.37. The predicted octanol–water partition coefficient (Wildman–Crippen LogP) is 4.40. The lowest BCUT2D eigenvalue weighted by Crippen LogP contribution is -2.14. The lowest BCUT2D eigenvalue weighted by atomic mass is 10.1. The van der Waals surface area contributed by atoms with Crippen molar-refractivity contribution in [3.63, 3.8) is 0 Å². The summed E-state index contributed by atoms with van der Waals surface area (Å²) in [4.78, 5) is 12.2. The summed E-state index contributed by atoms with van der Waals surface area (Å²) in [6, 6.07) is 13.2. The first-order chi connectivity index (χ1) is 13.5. The zero-order valence-corrected chi connectivity index (χ0v) is 17.5. The highest BCUT2D eigenvalue weighted by atomic mass is 35.5. The lowest BCUT2D eigenvalue weighted by Gasteiger charge is -2.11. The van der Waals surface area contributed by atoms with Crippen LogP contribution >= 0.6 is 23.4 Å². The smallest absolute Gasteiger partial charge is 0.234 e. The molecular weight excluding hydrogens is 396 g/mol. The number of halogens is 1. The quantitative estimate of drug-likeness (QED) is 0.578. The minimum absolute atomic E-state index is 0.158. The van der Waals surface area contributed by atoms with E-state index >= 15 is 0 Å². The molecule has 0 fully saturated rings. The van der Waals surface area contributed by atoms with Crippen molar-refractivity contribution in [3.05, 3.63) is 64.4 Å². The number of aryl methyl sites for hydroxylation is 2. The van der Waals surface area contributed by atoms with E-state index in [-0.39, 0.29) is 11.7 Å². The third-order valence-corrected chi connectivity index (χ3v) is 5.51. The Hall–Kier alpha value is -2.51. The van der Waals surface area contributed by atoms with E-state index in [2.05, 4.69) is 15.5 Å². The number of aromatic nitrogens is 3. The second-order valence-electron chi connectivity index (χ2n) is 6.28. The van der Waals surface area contributed by atoms with E-state index in [9.17, 15) is 4.79 Å². The van der Waals surface area contributed by atoms with Gasteiger partial charge >= 0.3 is 0 Å². The molecule has 0 aliphatic heterocycles. The molecule has 1 N–H and O–H groups in total. The number of benzene rings is 2. The minimum Gasteiger partial charge on any atom is -0.485 e. The van der Waals surface area contributed by atoms with Gasteiger partial charge in [0.15, 0.2) is 11.0 Å². The number of thioether (sulfide) groups is 1. The lowest BCUT2D eigenvalue weighted by molar-refractivity contribution is -0.113. The van der Waals surface area contributed by atoms with Crippen LogP contribution in [-0.4, -0.2) is 26.4 Å². The summed E-state index contributed by atoms with van der Waals surface area (Å²) in [6.45, 7) is 4.33. The van der Waals surface area contributed by atoms with Crippen LogP contribution in [0.15, 0.2) is 47.6 Å². The predicted molar refractivity (Wildman–Crippen MR) is 112 cm³/mol. The van der Waals surface area contributed by atoms with E-state index in [1.54, 1.807) is 12.1 Å². The number of amides is 1. The van der Waals surface area contributed by atoms with Crippen molar-refractivity contribution in [2.45, 2.75) is 25.6 Å². The molecule has 0 saturated carbocycles. The number of anilines is 1. The molecule has 0 saturated heterocycles. The highest BCUT2D eigenvalue weighted by Gasteiger charge is 2.13. The molecule has 3 rings (SSSR count). The van der Waals surface area contributed by atoms with Gasteiger partial charge < -0.3 is 14.6 Å². The molecule has 0 spiro atoms. The fourth-order valence-corrected chi connectivity index (χ4v) is 3.55. The molecule has 8 heteroatoms. The van der Waals surface area contributed by atoms with Gasteiger partial charge in [-0.15, -0.1) is 10.2 Å². The molecule has 0 bridgehead atoms. The number of rotatable bonds is 7. The van der Waals surface area contributed by atoms with Crippen LogP contribution in [0.2, 0.25) is 5.02 Å². The molecule has 0 unspecified atom stereocenters. The van der Waals surface area contributed by atoms with E-state index < -0.39 is 0 Å². The Kier molecular flexibility index (Phi) is 6.59. The Balaban J connectivity index is 1.57. The minimum atomic E-state index is -0.158. The summed E-state index contributed by atoms with van der Waals surface area (Å²) in [5.74, 6) is 1.60. The third-order valence-electron chi connectivity index (χ3n) is 4.16. The largest absolute Gasteiger partial charge is 0.485 e. The normalized spacial score (nSPS) is 10.7. The van der Waals surface area contributed by atoms with Crippen LogP contribution < -0.4 is 10.1 Å². The van der Waals surface area contributed by atoms with Crippen LogP contribution in [0.4, 0.5) is 5.69 Å². The first-order valence-electron chi connectivity index (χ1n) is 8.70. The van der Waals surface area contributed by atoms with Gasteiger partial charge in [-0.3, -0.25) is 4.79 Å². The number of hydrogen-bond donors (Lipinski definition) is 1. The Morgan fingerprint density at radius 2 is 1.86 bits per heavy atom. The Labute approximate surface area is 173 Å². The maximum Gasteiger partial charge on any atom is 0.234 e. The first-order valence-corrected chi connectivity index (χ1v) is 10.1. The summed E-state index contributed by atoms with van der Waals surface area (Å²) in [7, 11) is 1.86. The van der Waals surface area contributed by atoms with E-state index in [1.165, 1.54) is 11.8 Å². The fourth-order valence-electron chi connectivity index (χ4n) is 2.64. The van der Waals surface area contributed by atoms with Crippen LogP contribution in [0.25, 0.3) is 0 Å². The third kappa shape index (κ3) is 4.85. The van der Waals surface area contributed by atoms with Crippen molar-refractivity contribution in [1.82, 2.24) is 14.8 Å². The Morgan fingerprint density at radius 1 is 1.14 bits per heavy atom. The van der Waals surface area contributed by atoms with Crippen molar-refractivity contribution in [2.75, 3.05) is 11.1 Å². The number of hydrogen-bond acceptors (Lipinski definition) is 5. The number of carbonyl (C=O) groups is 1. The van der Waals surface area contributed by atoms with Crippen molar-refractivity contribution < 1.29 is 9.53 Å². The molecule has 146 valence electrons. The van der Waals surface area contributed by atoms with Crippen LogP contribution in [0.1, 0.15) is 17.0 Å². The van der Waals surface area contributed by atoms with Gasteiger partial charge in [-0.05, 0) is 37.1 Å². The molecule has 0 atom stereocenters. The molecular formula is C20H21ClN4O2S. The van der Waals surface area contributed by atoms with E-state index in [0.717, 1.165) is 16.9 Å². The van der Waals surface area contributed by atoms with Crippen LogP contribution in [0, 0.1) is 13.8 Å². The van der Waals surface area contributed by atoms with E-state index in [0.29, 0.717) is 28.3 Å². The van der Waals surface area contributed by atoms with E-state index in [1.807, 2.05) is 55.8 Å². The van der Waals surface area contributed by atoms with Gasteiger partial charge in [0.25, 0.3) is 0 Å². The van der Waals surface area contributed by atoms with Crippen LogP contribution in [0.3, 0.4) is 0 Å².